The monoisotopic (exact) mass is 278 g/mol. The average molecular weight is 278 g/mol. The van der Waals surface area contributed by atoms with Crippen molar-refractivity contribution in [1.82, 2.24) is 0 Å². The number of carbonyl (C=O) groups is 1. The van der Waals surface area contributed by atoms with Crippen LogP contribution in [0.2, 0.25) is 25.7 Å². The first kappa shape index (κ1) is 19.6. The van der Waals surface area contributed by atoms with Gasteiger partial charge in [0.05, 0.1) is 13.2 Å². The first-order valence-corrected chi connectivity index (χ1v) is 9.65. The molecule has 0 spiro atoms. The van der Waals surface area contributed by atoms with Crippen molar-refractivity contribution in [1.29, 1.82) is 0 Å². The fourth-order valence-electron chi connectivity index (χ4n) is 0.977. The van der Waals surface area contributed by atoms with Crippen LogP contribution in [0, 0.1) is 0 Å². The van der Waals surface area contributed by atoms with Crippen molar-refractivity contribution in [2.75, 3.05) is 19.8 Å². The highest BCUT2D eigenvalue weighted by atomic mass is 28.3. The van der Waals surface area contributed by atoms with E-state index in [1.807, 2.05) is 0 Å². The van der Waals surface area contributed by atoms with Gasteiger partial charge in [-0.25, -0.2) is 4.79 Å². The van der Waals surface area contributed by atoms with Crippen LogP contribution in [-0.2, 0) is 9.53 Å². The molecule has 18 heavy (non-hydrogen) atoms. The molecule has 0 aliphatic rings. The van der Waals surface area contributed by atoms with Gasteiger partial charge < -0.3 is 20.1 Å². The second-order valence-corrected chi connectivity index (χ2v) is 10.7. The molecule has 0 bridgehead atoms. The number of carboxylic acid groups (broad SMARTS) is 1. The normalized spacial score (nSPS) is 12.3. The van der Waals surface area contributed by atoms with E-state index in [2.05, 4.69) is 26.2 Å². The number of aliphatic hydroxyl groups is 2. The van der Waals surface area contributed by atoms with Crippen LogP contribution < -0.4 is 0 Å². The average Bonchev–Trinajstić information content (AvgIpc) is 2.27. The van der Waals surface area contributed by atoms with E-state index in [9.17, 15) is 4.79 Å². The lowest BCUT2D eigenvalue weighted by molar-refractivity contribution is -0.131. The molecular weight excluding hydrogens is 252 g/mol. The molecule has 0 amide bonds. The molecule has 0 aliphatic heterocycles. The summed E-state index contributed by atoms with van der Waals surface area (Å²) in [5.74, 6) is -0.981. The number of hydrogen-bond acceptors (Lipinski definition) is 4. The van der Waals surface area contributed by atoms with Crippen LogP contribution in [-0.4, -0.2) is 55.3 Å². The zero-order valence-corrected chi connectivity index (χ0v) is 12.6. The van der Waals surface area contributed by atoms with Crippen molar-refractivity contribution in [3.8, 4) is 0 Å². The molecule has 1 atom stereocenters. The Morgan fingerprint density at radius 1 is 1.44 bits per heavy atom. The third-order valence-corrected chi connectivity index (χ3v) is 3.76. The van der Waals surface area contributed by atoms with E-state index in [4.69, 9.17) is 20.1 Å². The molecule has 0 saturated carbocycles. The Bertz CT molecular complexity index is 225. The first-order valence-electron chi connectivity index (χ1n) is 5.95. The molecule has 108 valence electrons. The van der Waals surface area contributed by atoms with Gasteiger partial charge in [-0.2, -0.15) is 0 Å². The Kier molecular flexibility index (Phi) is 12.4. The highest BCUT2D eigenvalue weighted by Crippen LogP contribution is 2.10. The number of aliphatic carboxylic acids is 1. The fourth-order valence-corrected chi connectivity index (χ4v) is 2.18. The maximum Gasteiger partial charge on any atom is 0.327 e. The second kappa shape index (κ2) is 11.4. The summed E-state index contributed by atoms with van der Waals surface area (Å²) in [4.78, 5) is 9.25. The quantitative estimate of drug-likeness (QED) is 0.354. The summed E-state index contributed by atoms with van der Waals surface area (Å²) in [5.41, 5.74) is 0. The SMILES string of the molecule is C=CC(=O)O.C[Si](C)(C)CCCOCC(O)CO. The standard InChI is InChI=1S/C9H22O3Si.C3H4O2/c1-13(2,3)6-4-5-12-8-9(11)7-10;1-2-3(4)5/h9-11H,4-8H2,1-3H3;2H,1H2,(H,4,5). The lowest BCUT2D eigenvalue weighted by atomic mass is 10.4. The lowest BCUT2D eigenvalue weighted by Crippen LogP contribution is -2.22. The van der Waals surface area contributed by atoms with E-state index in [0.717, 1.165) is 12.5 Å². The lowest BCUT2D eigenvalue weighted by Gasteiger charge is -2.15. The van der Waals surface area contributed by atoms with Gasteiger partial charge in [0.1, 0.15) is 6.10 Å². The minimum absolute atomic E-state index is 0.214. The highest BCUT2D eigenvalue weighted by Gasteiger charge is 2.11. The van der Waals surface area contributed by atoms with Crippen LogP contribution in [0.5, 0.6) is 0 Å². The Balaban J connectivity index is 0. The molecule has 0 aromatic heterocycles. The van der Waals surface area contributed by atoms with Gasteiger partial charge in [0.25, 0.3) is 0 Å². The molecule has 0 heterocycles. The predicted octanol–water partition coefficient (Wildman–Crippen LogP) is 1.34. The minimum atomic E-state index is -0.981. The number of rotatable bonds is 8. The third-order valence-electron chi connectivity index (χ3n) is 1.91. The van der Waals surface area contributed by atoms with Gasteiger partial charge in [0.2, 0.25) is 0 Å². The Hall–Kier alpha value is -0.693. The predicted molar refractivity (Wildman–Crippen MR) is 74.5 cm³/mol. The molecule has 5 nitrogen and oxygen atoms in total. The summed E-state index contributed by atoms with van der Waals surface area (Å²) < 4.78 is 5.19. The van der Waals surface area contributed by atoms with Crippen molar-refractivity contribution in [3.05, 3.63) is 12.7 Å². The van der Waals surface area contributed by atoms with Crippen molar-refractivity contribution in [2.24, 2.45) is 0 Å². The molecule has 0 fully saturated rings. The van der Waals surface area contributed by atoms with Crippen LogP contribution in [0.15, 0.2) is 12.7 Å². The number of ether oxygens (including phenoxy) is 1. The molecular formula is C12H26O5Si. The summed E-state index contributed by atoms with van der Waals surface area (Å²) in [6.07, 6.45) is 1.18. The molecule has 0 rings (SSSR count). The summed E-state index contributed by atoms with van der Waals surface area (Å²) in [5, 5.41) is 25.1. The van der Waals surface area contributed by atoms with Gasteiger partial charge in [-0.3, -0.25) is 0 Å². The summed E-state index contributed by atoms with van der Waals surface area (Å²) in [7, 11) is -0.935. The van der Waals surface area contributed by atoms with Crippen molar-refractivity contribution in [3.63, 3.8) is 0 Å². The smallest absolute Gasteiger partial charge is 0.327 e. The van der Waals surface area contributed by atoms with Gasteiger partial charge >= 0.3 is 5.97 Å². The zero-order chi connectivity index (χ0) is 14.6. The van der Waals surface area contributed by atoms with E-state index in [1.165, 1.54) is 6.04 Å². The maximum atomic E-state index is 9.25. The molecule has 3 N–H and O–H groups in total. The summed E-state index contributed by atoms with van der Waals surface area (Å²) in [6.45, 7) is 10.7. The Morgan fingerprint density at radius 2 is 1.94 bits per heavy atom. The molecule has 0 aromatic carbocycles. The first-order chi connectivity index (χ1) is 8.22. The fraction of sp³-hybridized carbons (Fsp3) is 0.750. The van der Waals surface area contributed by atoms with Gasteiger partial charge in [-0.15, -0.1) is 0 Å². The number of aliphatic hydroxyl groups excluding tert-OH is 2. The summed E-state index contributed by atoms with van der Waals surface area (Å²) in [6, 6.07) is 1.25. The van der Waals surface area contributed by atoms with E-state index in [1.54, 1.807) is 0 Å². The number of hydrogen-bond donors (Lipinski definition) is 3. The minimum Gasteiger partial charge on any atom is -0.478 e. The summed E-state index contributed by atoms with van der Waals surface area (Å²) >= 11 is 0. The van der Waals surface area contributed by atoms with Crippen LogP contribution in [0.25, 0.3) is 0 Å². The van der Waals surface area contributed by atoms with Gasteiger partial charge in [0.15, 0.2) is 0 Å². The topological polar surface area (TPSA) is 87.0 Å². The van der Waals surface area contributed by atoms with Crippen molar-refractivity contribution >= 4 is 14.0 Å². The van der Waals surface area contributed by atoms with Crippen molar-refractivity contribution in [2.45, 2.75) is 38.2 Å². The zero-order valence-electron chi connectivity index (χ0n) is 11.6. The van der Waals surface area contributed by atoms with E-state index in [0.29, 0.717) is 6.61 Å². The second-order valence-electron chi connectivity index (χ2n) is 5.12. The van der Waals surface area contributed by atoms with Gasteiger partial charge in [0, 0.05) is 20.8 Å². The molecule has 0 aromatic rings. The molecule has 6 heteroatoms. The molecule has 0 radical (unpaired) electrons. The molecule has 0 saturated heterocycles. The van der Waals surface area contributed by atoms with Crippen LogP contribution in [0.3, 0.4) is 0 Å². The molecule has 0 aliphatic carbocycles. The van der Waals surface area contributed by atoms with Crippen LogP contribution >= 0.6 is 0 Å². The number of carboxylic acids is 1. The van der Waals surface area contributed by atoms with E-state index in [-0.39, 0.29) is 13.2 Å². The van der Waals surface area contributed by atoms with Crippen LogP contribution in [0.1, 0.15) is 6.42 Å². The van der Waals surface area contributed by atoms with Crippen LogP contribution in [0.4, 0.5) is 0 Å². The Morgan fingerprint density at radius 3 is 2.28 bits per heavy atom. The van der Waals surface area contributed by atoms with E-state index < -0.39 is 20.1 Å². The maximum absolute atomic E-state index is 9.25. The van der Waals surface area contributed by atoms with Gasteiger partial charge in [-0.1, -0.05) is 32.3 Å². The van der Waals surface area contributed by atoms with E-state index >= 15 is 0 Å². The molecule has 1 unspecified atom stereocenters. The largest absolute Gasteiger partial charge is 0.478 e. The third kappa shape index (κ3) is 20.7. The highest BCUT2D eigenvalue weighted by molar-refractivity contribution is 6.76. The van der Waals surface area contributed by atoms with Gasteiger partial charge in [-0.05, 0) is 6.42 Å². The van der Waals surface area contributed by atoms with Crippen molar-refractivity contribution < 1.29 is 24.9 Å². The Labute approximate surface area is 110 Å².